The molecule has 0 aliphatic heterocycles. The molecule has 0 unspecified atom stereocenters. The van der Waals surface area contributed by atoms with Crippen LogP contribution in [0, 0.1) is 34.6 Å². The predicted octanol–water partition coefficient (Wildman–Crippen LogP) is 5.74. The highest BCUT2D eigenvalue weighted by Gasteiger charge is 2.12. The third-order valence-electron chi connectivity index (χ3n) is 5.29. The van der Waals surface area contributed by atoms with E-state index in [-0.39, 0.29) is 5.78 Å². The highest BCUT2D eigenvalue weighted by molar-refractivity contribution is 7.98. The normalized spacial score (nSPS) is 10.8. The number of methoxy groups -OCH3 is 1. The second kappa shape index (κ2) is 8.57. The fourth-order valence-corrected chi connectivity index (χ4v) is 4.17. The van der Waals surface area contributed by atoms with Gasteiger partial charge < -0.3 is 4.74 Å². The Hall–Kier alpha value is -1.74. The van der Waals surface area contributed by atoms with Crippen molar-refractivity contribution in [3.63, 3.8) is 0 Å². The lowest BCUT2D eigenvalue weighted by molar-refractivity contribution is 0.0989. The van der Waals surface area contributed by atoms with Crippen molar-refractivity contribution in [3.8, 4) is 5.75 Å². The van der Waals surface area contributed by atoms with E-state index in [1.807, 2.05) is 36.0 Å². The first-order chi connectivity index (χ1) is 11.9. The van der Waals surface area contributed by atoms with Gasteiger partial charge >= 0.3 is 0 Å². The summed E-state index contributed by atoms with van der Waals surface area (Å²) in [7, 11) is 1.63. The SMILES string of the molecule is COc1ccc(C(=O)CCSCc2c(C)c(C)c(C)c(C)c2C)cc1. The average molecular weight is 357 g/mol. The molecule has 0 fully saturated rings. The third kappa shape index (κ3) is 4.46. The minimum Gasteiger partial charge on any atom is -0.497 e. The number of ether oxygens (including phenoxy) is 1. The number of rotatable bonds is 7. The van der Waals surface area contributed by atoms with Crippen molar-refractivity contribution in [2.24, 2.45) is 0 Å². The average Bonchev–Trinajstić information content (AvgIpc) is 2.64. The Balaban J connectivity index is 1.94. The van der Waals surface area contributed by atoms with E-state index in [0.29, 0.717) is 6.42 Å². The Morgan fingerprint density at radius 2 is 1.40 bits per heavy atom. The second-order valence-electron chi connectivity index (χ2n) is 6.56. The van der Waals surface area contributed by atoms with Crippen LogP contribution in [0.25, 0.3) is 0 Å². The van der Waals surface area contributed by atoms with Gasteiger partial charge in [0.1, 0.15) is 5.75 Å². The van der Waals surface area contributed by atoms with E-state index in [1.165, 1.54) is 33.4 Å². The molecule has 0 heterocycles. The maximum atomic E-state index is 12.3. The molecular formula is C22H28O2S. The Bertz CT molecular complexity index is 732. The van der Waals surface area contributed by atoms with Gasteiger partial charge in [-0.2, -0.15) is 11.8 Å². The van der Waals surface area contributed by atoms with E-state index in [0.717, 1.165) is 22.8 Å². The molecule has 0 atom stereocenters. The van der Waals surface area contributed by atoms with Crippen molar-refractivity contribution >= 4 is 17.5 Å². The van der Waals surface area contributed by atoms with E-state index in [2.05, 4.69) is 34.6 Å². The smallest absolute Gasteiger partial charge is 0.163 e. The summed E-state index contributed by atoms with van der Waals surface area (Å²) in [6.45, 7) is 11.0. The van der Waals surface area contributed by atoms with Gasteiger partial charge in [-0.1, -0.05) is 0 Å². The lowest BCUT2D eigenvalue weighted by Crippen LogP contribution is -2.03. The molecule has 0 saturated heterocycles. The van der Waals surface area contributed by atoms with E-state index in [4.69, 9.17) is 4.74 Å². The molecule has 0 bridgehead atoms. The van der Waals surface area contributed by atoms with Crippen LogP contribution in [-0.2, 0) is 5.75 Å². The van der Waals surface area contributed by atoms with Crippen molar-refractivity contribution in [1.82, 2.24) is 0 Å². The first-order valence-corrected chi connectivity index (χ1v) is 9.83. The van der Waals surface area contributed by atoms with Gasteiger partial charge in [0.2, 0.25) is 0 Å². The monoisotopic (exact) mass is 356 g/mol. The topological polar surface area (TPSA) is 26.3 Å². The zero-order valence-electron chi connectivity index (χ0n) is 16.2. The lowest BCUT2D eigenvalue weighted by atomic mass is 9.90. The third-order valence-corrected chi connectivity index (χ3v) is 6.27. The molecule has 0 aliphatic rings. The van der Waals surface area contributed by atoms with E-state index >= 15 is 0 Å². The van der Waals surface area contributed by atoms with Crippen molar-refractivity contribution in [3.05, 3.63) is 63.2 Å². The Morgan fingerprint density at radius 1 is 0.880 bits per heavy atom. The number of ketones is 1. The zero-order chi connectivity index (χ0) is 18.6. The molecule has 2 rings (SSSR count). The quantitative estimate of drug-likeness (QED) is 0.467. The van der Waals surface area contributed by atoms with E-state index < -0.39 is 0 Å². The first kappa shape index (κ1) is 19.6. The maximum Gasteiger partial charge on any atom is 0.163 e. The van der Waals surface area contributed by atoms with Crippen molar-refractivity contribution in [2.45, 2.75) is 46.8 Å². The number of carbonyl (C=O) groups is 1. The maximum absolute atomic E-state index is 12.3. The minimum absolute atomic E-state index is 0.194. The number of Topliss-reactive ketones (excluding diaryl/α,β-unsaturated/α-hetero) is 1. The van der Waals surface area contributed by atoms with Crippen LogP contribution in [-0.4, -0.2) is 18.6 Å². The molecule has 0 aromatic heterocycles. The van der Waals surface area contributed by atoms with Crippen LogP contribution in [0.2, 0.25) is 0 Å². The number of hydrogen-bond acceptors (Lipinski definition) is 3. The molecule has 0 N–H and O–H groups in total. The highest BCUT2D eigenvalue weighted by atomic mass is 32.2. The summed E-state index contributed by atoms with van der Waals surface area (Å²) in [5.74, 6) is 2.78. The largest absolute Gasteiger partial charge is 0.497 e. The predicted molar refractivity (Wildman–Crippen MR) is 108 cm³/mol. The van der Waals surface area contributed by atoms with Crippen LogP contribution >= 0.6 is 11.8 Å². The van der Waals surface area contributed by atoms with Gasteiger partial charge in [-0.05, 0) is 92.3 Å². The van der Waals surface area contributed by atoms with Gasteiger partial charge in [-0.15, -0.1) is 0 Å². The summed E-state index contributed by atoms with van der Waals surface area (Å²) in [5, 5.41) is 0. The van der Waals surface area contributed by atoms with Gasteiger partial charge in [0.05, 0.1) is 7.11 Å². The molecule has 0 aliphatic carbocycles. The summed E-state index contributed by atoms with van der Waals surface area (Å²) in [6, 6.07) is 7.36. The van der Waals surface area contributed by atoms with Gasteiger partial charge in [0.15, 0.2) is 5.78 Å². The van der Waals surface area contributed by atoms with Gasteiger partial charge in [0, 0.05) is 23.5 Å². The molecule has 134 valence electrons. The summed E-state index contributed by atoms with van der Waals surface area (Å²) in [5.41, 5.74) is 9.18. The van der Waals surface area contributed by atoms with Crippen LogP contribution in [0.3, 0.4) is 0 Å². The Kier molecular flexibility index (Phi) is 6.71. The molecule has 0 radical (unpaired) electrons. The molecule has 0 spiro atoms. The van der Waals surface area contributed by atoms with Gasteiger partial charge in [0.25, 0.3) is 0 Å². The van der Waals surface area contributed by atoms with Crippen LogP contribution in [0.1, 0.15) is 50.2 Å². The van der Waals surface area contributed by atoms with Crippen molar-refractivity contribution < 1.29 is 9.53 Å². The Labute approximate surface area is 156 Å². The van der Waals surface area contributed by atoms with Crippen LogP contribution in [0.4, 0.5) is 0 Å². The summed E-state index contributed by atoms with van der Waals surface area (Å²) in [6.07, 6.45) is 0.568. The summed E-state index contributed by atoms with van der Waals surface area (Å²) < 4.78 is 5.13. The summed E-state index contributed by atoms with van der Waals surface area (Å²) in [4.78, 5) is 12.3. The number of carbonyl (C=O) groups excluding carboxylic acids is 1. The van der Waals surface area contributed by atoms with Crippen molar-refractivity contribution in [1.29, 1.82) is 0 Å². The Morgan fingerprint density at radius 3 is 1.92 bits per heavy atom. The lowest BCUT2D eigenvalue weighted by Gasteiger charge is -2.18. The molecule has 2 aromatic carbocycles. The van der Waals surface area contributed by atoms with Crippen molar-refractivity contribution in [2.75, 3.05) is 12.9 Å². The van der Waals surface area contributed by atoms with Crippen LogP contribution in [0.15, 0.2) is 24.3 Å². The molecule has 25 heavy (non-hydrogen) atoms. The number of hydrogen-bond donors (Lipinski definition) is 0. The van der Waals surface area contributed by atoms with E-state index in [1.54, 1.807) is 7.11 Å². The number of benzene rings is 2. The molecule has 3 heteroatoms. The van der Waals surface area contributed by atoms with Gasteiger partial charge in [-0.3, -0.25) is 4.79 Å². The number of thioether (sulfide) groups is 1. The first-order valence-electron chi connectivity index (χ1n) is 8.67. The fourth-order valence-electron chi connectivity index (χ4n) is 3.05. The molecule has 0 saturated carbocycles. The fraction of sp³-hybridized carbons (Fsp3) is 0.409. The molecular weight excluding hydrogens is 328 g/mol. The standard InChI is InChI=1S/C22H28O2S/c1-14-15(2)17(4)21(18(5)16(14)3)13-25-12-11-22(23)19-7-9-20(24-6)10-8-19/h7-10H,11-13H2,1-6H3. The van der Waals surface area contributed by atoms with E-state index in [9.17, 15) is 4.79 Å². The highest BCUT2D eigenvalue weighted by Crippen LogP contribution is 2.29. The molecule has 2 nitrogen and oxygen atoms in total. The zero-order valence-corrected chi connectivity index (χ0v) is 17.0. The van der Waals surface area contributed by atoms with Gasteiger partial charge in [-0.25, -0.2) is 0 Å². The molecule has 2 aromatic rings. The molecule has 0 amide bonds. The summed E-state index contributed by atoms with van der Waals surface area (Å²) >= 11 is 1.84. The minimum atomic E-state index is 0.194. The second-order valence-corrected chi connectivity index (χ2v) is 7.66. The van der Waals surface area contributed by atoms with Crippen LogP contribution in [0.5, 0.6) is 5.75 Å². The van der Waals surface area contributed by atoms with Crippen LogP contribution < -0.4 is 4.74 Å².